The Balaban J connectivity index is 1.59. The molecule has 0 aliphatic heterocycles. The molecular weight excluding hydrogens is 424 g/mol. The molecule has 158 valence electrons. The molecule has 30 heavy (non-hydrogen) atoms. The van der Waals surface area contributed by atoms with E-state index in [-0.39, 0.29) is 18.3 Å². The normalized spacial score (nSPS) is 10.7. The van der Waals surface area contributed by atoms with E-state index in [2.05, 4.69) is 15.5 Å². The largest absolute Gasteiger partial charge is 0.486 e. The molecule has 0 aliphatic carbocycles. The van der Waals surface area contributed by atoms with Crippen LogP contribution in [0, 0.1) is 13.8 Å². The SMILES string of the molecule is COC(=O)c1c(NC(=O)CSc2nnc(COc3ccccc3)n2C)sc(C)c1C. The van der Waals surface area contributed by atoms with Crippen molar-refractivity contribution < 1.29 is 19.1 Å². The molecule has 0 radical (unpaired) electrons. The van der Waals surface area contributed by atoms with Gasteiger partial charge in [0.2, 0.25) is 5.91 Å². The smallest absolute Gasteiger partial charge is 0.341 e. The third kappa shape index (κ3) is 5.00. The first-order valence-electron chi connectivity index (χ1n) is 9.07. The van der Waals surface area contributed by atoms with Crippen LogP contribution in [0.25, 0.3) is 0 Å². The van der Waals surface area contributed by atoms with Crippen LogP contribution in [0.5, 0.6) is 5.75 Å². The summed E-state index contributed by atoms with van der Waals surface area (Å²) in [6.07, 6.45) is 0. The molecule has 0 unspecified atom stereocenters. The third-order valence-corrected chi connectivity index (χ3v) is 6.54. The molecule has 0 saturated carbocycles. The highest BCUT2D eigenvalue weighted by Crippen LogP contribution is 2.33. The van der Waals surface area contributed by atoms with Crippen LogP contribution in [-0.4, -0.2) is 39.5 Å². The minimum absolute atomic E-state index is 0.127. The van der Waals surface area contributed by atoms with Crippen LogP contribution >= 0.6 is 23.1 Å². The lowest BCUT2D eigenvalue weighted by Crippen LogP contribution is -2.16. The van der Waals surface area contributed by atoms with Crippen LogP contribution in [0.3, 0.4) is 0 Å². The Labute approximate surface area is 182 Å². The number of benzene rings is 1. The molecule has 0 aliphatic rings. The summed E-state index contributed by atoms with van der Waals surface area (Å²) in [5, 5.41) is 12.2. The van der Waals surface area contributed by atoms with Crippen molar-refractivity contribution in [3.8, 4) is 5.75 Å². The lowest BCUT2D eigenvalue weighted by molar-refractivity contribution is -0.113. The first-order chi connectivity index (χ1) is 14.4. The van der Waals surface area contributed by atoms with Crippen molar-refractivity contribution in [1.29, 1.82) is 0 Å². The van der Waals surface area contributed by atoms with Gasteiger partial charge in [-0.15, -0.1) is 21.5 Å². The second-order valence-electron chi connectivity index (χ2n) is 6.38. The number of methoxy groups -OCH3 is 1. The number of aryl methyl sites for hydroxylation is 1. The Morgan fingerprint density at radius 1 is 1.20 bits per heavy atom. The van der Waals surface area contributed by atoms with E-state index in [0.717, 1.165) is 16.2 Å². The number of hydrogen-bond acceptors (Lipinski definition) is 8. The average Bonchev–Trinajstić information content (AvgIpc) is 3.23. The number of thiophene rings is 1. The minimum Gasteiger partial charge on any atom is -0.486 e. The van der Waals surface area contributed by atoms with Crippen molar-refractivity contribution in [2.24, 2.45) is 7.05 Å². The second kappa shape index (κ2) is 9.77. The Bertz CT molecular complexity index is 1050. The van der Waals surface area contributed by atoms with Gasteiger partial charge >= 0.3 is 5.97 Å². The number of esters is 1. The van der Waals surface area contributed by atoms with Gasteiger partial charge in [0.25, 0.3) is 0 Å². The summed E-state index contributed by atoms with van der Waals surface area (Å²) in [7, 11) is 3.15. The molecular formula is C20H22N4O4S2. The van der Waals surface area contributed by atoms with Crippen LogP contribution in [0.1, 0.15) is 26.6 Å². The number of aromatic nitrogens is 3. The fourth-order valence-electron chi connectivity index (χ4n) is 2.62. The highest BCUT2D eigenvalue weighted by molar-refractivity contribution is 7.99. The molecule has 0 spiro atoms. The van der Waals surface area contributed by atoms with Crippen LogP contribution in [-0.2, 0) is 23.2 Å². The Morgan fingerprint density at radius 2 is 1.93 bits per heavy atom. The molecule has 0 atom stereocenters. The molecule has 2 heterocycles. The molecule has 3 rings (SSSR count). The lowest BCUT2D eigenvalue weighted by Gasteiger charge is -2.07. The van der Waals surface area contributed by atoms with Gasteiger partial charge in [-0.1, -0.05) is 30.0 Å². The fourth-order valence-corrected chi connectivity index (χ4v) is 4.41. The third-order valence-electron chi connectivity index (χ3n) is 4.40. The summed E-state index contributed by atoms with van der Waals surface area (Å²) in [6.45, 7) is 4.01. The van der Waals surface area contributed by atoms with Gasteiger partial charge in [0.15, 0.2) is 11.0 Å². The average molecular weight is 447 g/mol. The molecule has 0 fully saturated rings. The Morgan fingerprint density at radius 3 is 2.63 bits per heavy atom. The molecule has 0 bridgehead atoms. The molecule has 10 heteroatoms. The summed E-state index contributed by atoms with van der Waals surface area (Å²) in [5.41, 5.74) is 1.21. The highest BCUT2D eigenvalue weighted by atomic mass is 32.2. The van der Waals surface area contributed by atoms with E-state index in [4.69, 9.17) is 9.47 Å². The van der Waals surface area contributed by atoms with Crippen molar-refractivity contribution in [3.05, 3.63) is 52.2 Å². The molecule has 1 amide bonds. The van der Waals surface area contributed by atoms with E-state index >= 15 is 0 Å². The number of rotatable bonds is 8. The summed E-state index contributed by atoms with van der Waals surface area (Å²) in [4.78, 5) is 25.4. The van der Waals surface area contributed by atoms with Gasteiger partial charge in [0, 0.05) is 11.9 Å². The van der Waals surface area contributed by atoms with Gasteiger partial charge in [-0.25, -0.2) is 4.79 Å². The van der Waals surface area contributed by atoms with E-state index in [0.29, 0.717) is 21.5 Å². The van der Waals surface area contributed by atoms with Gasteiger partial charge in [-0.2, -0.15) is 0 Å². The maximum absolute atomic E-state index is 12.4. The van der Waals surface area contributed by atoms with Gasteiger partial charge in [0.05, 0.1) is 18.4 Å². The van der Waals surface area contributed by atoms with Gasteiger partial charge in [-0.3, -0.25) is 4.79 Å². The maximum atomic E-state index is 12.4. The minimum atomic E-state index is -0.462. The first-order valence-corrected chi connectivity index (χ1v) is 10.9. The quantitative estimate of drug-likeness (QED) is 0.417. The van der Waals surface area contributed by atoms with Gasteiger partial charge in [0.1, 0.15) is 17.4 Å². The number of nitrogens with zero attached hydrogens (tertiary/aromatic N) is 3. The zero-order chi connectivity index (χ0) is 21.7. The van der Waals surface area contributed by atoms with Crippen LogP contribution in [0.4, 0.5) is 5.00 Å². The van der Waals surface area contributed by atoms with Crippen molar-refractivity contribution in [1.82, 2.24) is 14.8 Å². The Kier molecular flexibility index (Phi) is 7.11. The predicted molar refractivity (Wildman–Crippen MR) is 116 cm³/mol. The topological polar surface area (TPSA) is 95.3 Å². The standard InChI is InChI=1S/C20H22N4O4S2/c1-12-13(2)30-18(17(12)19(26)27-4)21-16(25)11-29-20-23-22-15(24(20)3)10-28-14-8-6-5-7-9-14/h5-9H,10-11H2,1-4H3,(H,21,25). The molecule has 3 aromatic rings. The molecule has 1 aromatic carbocycles. The molecule has 1 N–H and O–H groups in total. The second-order valence-corrected chi connectivity index (χ2v) is 8.54. The number of thioether (sulfide) groups is 1. The van der Waals surface area contributed by atoms with E-state index < -0.39 is 5.97 Å². The lowest BCUT2D eigenvalue weighted by atomic mass is 10.1. The monoisotopic (exact) mass is 446 g/mol. The van der Waals surface area contributed by atoms with Crippen molar-refractivity contribution in [2.45, 2.75) is 25.6 Å². The number of carbonyl (C=O) groups excluding carboxylic acids is 2. The molecule has 2 aromatic heterocycles. The summed E-state index contributed by atoms with van der Waals surface area (Å²) in [5.74, 6) is 0.825. The number of amides is 1. The summed E-state index contributed by atoms with van der Waals surface area (Å²) >= 11 is 2.61. The summed E-state index contributed by atoms with van der Waals surface area (Å²) < 4.78 is 12.3. The van der Waals surface area contributed by atoms with E-state index in [1.54, 1.807) is 4.57 Å². The zero-order valence-corrected chi connectivity index (χ0v) is 18.7. The predicted octanol–water partition coefficient (Wildman–Crippen LogP) is 3.59. The maximum Gasteiger partial charge on any atom is 0.341 e. The van der Waals surface area contributed by atoms with Crippen LogP contribution in [0.2, 0.25) is 0 Å². The fraction of sp³-hybridized carbons (Fsp3) is 0.300. The number of hydrogen-bond donors (Lipinski definition) is 1. The number of anilines is 1. The van der Waals surface area contributed by atoms with E-state index in [9.17, 15) is 9.59 Å². The number of nitrogens with one attached hydrogen (secondary N) is 1. The number of ether oxygens (including phenoxy) is 2. The highest BCUT2D eigenvalue weighted by Gasteiger charge is 2.22. The number of para-hydroxylation sites is 1. The van der Waals surface area contributed by atoms with Crippen molar-refractivity contribution in [3.63, 3.8) is 0 Å². The van der Waals surface area contributed by atoms with Crippen molar-refractivity contribution >= 4 is 40.0 Å². The Hall–Kier alpha value is -2.85. The van der Waals surface area contributed by atoms with Crippen molar-refractivity contribution in [2.75, 3.05) is 18.2 Å². The van der Waals surface area contributed by atoms with Gasteiger partial charge < -0.3 is 19.4 Å². The summed E-state index contributed by atoms with van der Waals surface area (Å²) in [6, 6.07) is 9.45. The molecule has 8 nitrogen and oxygen atoms in total. The van der Waals surface area contributed by atoms with Crippen LogP contribution < -0.4 is 10.1 Å². The number of carbonyl (C=O) groups is 2. The molecule has 0 saturated heterocycles. The van der Waals surface area contributed by atoms with E-state index in [1.807, 2.05) is 51.2 Å². The van der Waals surface area contributed by atoms with Gasteiger partial charge in [-0.05, 0) is 31.5 Å². The first kappa shape index (κ1) is 21.8. The van der Waals surface area contributed by atoms with E-state index in [1.165, 1.54) is 30.2 Å². The zero-order valence-electron chi connectivity index (χ0n) is 17.1. The van der Waals surface area contributed by atoms with Crippen LogP contribution in [0.15, 0.2) is 35.5 Å².